The summed E-state index contributed by atoms with van der Waals surface area (Å²) in [7, 11) is 2.99. The molecule has 2 unspecified atom stereocenters. The number of methoxy groups -OCH3 is 2. The topological polar surface area (TPSA) is 190 Å². The summed E-state index contributed by atoms with van der Waals surface area (Å²) in [5.41, 5.74) is 7.10. The van der Waals surface area contributed by atoms with Gasteiger partial charge in [-0.3, -0.25) is 43.8 Å². The zero-order chi connectivity index (χ0) is 49.3. The van der Waals surface area contributed by atoms with Gasteiger partial charge in [0, 0.05) is 65.6 Å². The number of aliphatic imine (C=N–C) groups is 2. The molecule has 0 spiro atoms. The van der Waals surface area contributed by atoms with Gasteiger partial charge in [-0.2, -0.15) is 12.6 Å². The molecule has 16 nitrogen and oxygen atoms in total. The third-order valence-corrected chi connectivity index (χ3v) is 12.8. The van der Waals surface area contributed by atoms with Gasteiger partial charge < -0.3 is 34.9 Å². The Morgan fingerprint density at radius 1 is 0.714 bits per heavy atom. The summed E-state index contributed by atoms with van der Waals surface area (Å²) in [6.07, 6.45) is 5.61. The van der Waals surface area contributed by atoms with E-state index in [-0.39, 0.29) is 60.7 Å². The Labute approximate surface area is 410 Å². The van der Waals surface area contributed by atoms with E-state index >= 15 is 0 Å². The van der Waals surface area contributed by atoms with Crippen molar-refractivity contribution in [2.75, 3.05) is 35.9 Å². The summed E-state index contributed by atoms with van der Waals surface area (Å²) in [5.74, 6) is -0.399. The largest absolute Gasteiger partial charge is 0.493 e. The van der Waals surface area contributed by atoms with Crippen LogP contribution in [0.3, 0.4) is 0 Å². The second-order valence-electron chi connectivity index (χ2n) is 18.2. The highest BCUT2D eigenvalue weighted by molar-refractivity contribution is 7.81. The SMILES string of the molecule is COc1cc2c(cc1OCc1cc(COc3cc4c(cc3OC)C(=O)N3c5ccccc5C[C@H]3C=N4)cc(NC(=O)C(C)NC(=O)CNC(=O)CCC(C)(C)S)c1)N=CC1Cc3ccccc3N1C2=O. The van der Waals surface area contributed by atoms with Gasteiger partial charge in [-0.15, -0.1) is 0 Å². The van der Waals surface area contributed by atoms with E-state index in [1.165, 1.54) is 21.1 Å². The number of nitrogens with one attached hydrogen (secondary N) is 3. The van der Waals surface area contributed by atoms with Gasteiger partial charge in [-0.05, 0) is 78.1 Å². The van der Waals surface area contributed by atoms with Crippen LogP contribution in [-0.2, 0) is 40.4 Å². The van der Waals surface area contributed by atoms with Crippen molar-refractivity contribution >= 4 is 83.0 Å². The normalized spacial score (nSPS) is 16.6. The third-order valence-electron chi connectivity index (χ3n) is 12.5. The number of amides is 5. The maximum absolute atomic E-state index is 14.0. The van der Waals surface area contributed by atoms with Gasteiger partial charge in [0.05, 0.1) is 55.3 Å². The van der Waals surface area contributed by atoms with Gasteiger partial charge in [0.15, 0.2) is 23.0 Å². The average molecular weight is 964 g/mol. The first-order valence-electron chi connectivity index (χ1n) is 23.0. The lowest BCUT2D eigenvalue weighted by Gasteiger charge is -2.22. The van der Waals surface area contributed by atoms with E-state index in [1.54, 1.807) is 58.6 Å². The predicted molar refractivity (Wildman–Crippen MR) is 270 cm³/mol. The fourth-order valence-corrected chi connectivity index (χ4v) is 9.11. The van der Waals surface area contributed by atoms with Gasteiger partial charge in [0.25, 0.3) is 11.8 Å². The summed E-state index contributed by atoms with van der Waals surface area (Å²) in [5, 5.41) is 8.13. The van der Waals surface area contributed by atoms with Crippen LogP contribution in [0, 0.1) is 0 Å². The number of anilines is 3. The molecule has 5 aromatic carbocycles. The van der Waals surface area contributed by atoms with E-state index in [0.717, 1.165) is 22.5 Å². The molecule has 360 valence electrons. The molecule has 4 heterocycles. The summed E-state index contributed by atoms with van der Waals surface area (Å²) in [4.78, 5) is 79.8. The van der Waals surface area contributed by atoms with Gasteiger partial charge in [-0.25, -0.2) is 0 Å². The van der Waals surface area contributed by atoms with Crippen LogP contribution < -0.4 is 44.7 Å². The van der Waals surface area contributed by atoms with Crippen LogP contribution in [0.1, 0.15) is 76.6 Å². The maximum Gasteiger partial charge on any atom is 0.261 e. The molecule has 70 heavy (non-hydrogen) atoms. The Morgan fingerprint density at radius 2 is 1.21 bits per heavy atom. The number of hydrogen-bond acceptors (Lipinski definition) is 12. The fourth-order valence-electron chi connectivity index (χ4n) is 9.00. The summed E-state index contributed by atoms with van der Waals surface area (Å²) >= 11 is 4.45. The quantitative estimate of drug-likeness (QED) is 0.0727. The van der Waals surface area contributed by atoms with E-state index in [9.17, 15) is 24.0 Å². The van der Waals surface area contributed by atoms with Gasteiger partial charge in [0.2, 0.25) is 17.7 Å². The number of rotatable bonds is 16. The highest BCUT2D eigenvalue weighted by Gasteiger charge is 2.38. The molecule has 9 rings (SSSR count). The molecule has 0 radical (unpaired) electrons. The van der Waals surface area contributed by atoms with Crippen LogP contribution in [0.4, 0.5) is 28.4 Å². The standard InChI is InChI=1S/C53H53N7O9S/c1-30(57-49(62)27-56-48(61)14-15-53(2,3)70)50(63)58-35-17-31(28-68-46-23-40-38(21-44(46)66-4)51(64)59-36(25-54-40)19-33-10-6-8-12-42(33)59)16-32(18-35)29-69-47-24-41-39(22-45(47)67-5)52(65)60-37(26-55-41)20-34-11-7-9-13-43(34)60/h6-13,16-18,21-26,30,36-37,70H,14-15,19-20,27-29H2,1-5H3,(H,56,61)(H,57,62)(H,58,63)/t30?,36-,37?/m0/s1. The minimum absolute atomic E-state index is 0.0121. The summed E-state index contributed by atoms with van der Waals surface area (Å²) in [6.45, 7) is 5.02. The molecule has 0 saturated carbocycles. The second-order valence-corrected chi connectivity index (χ2v) is 19.4. The third kappa shape index (κ3) is 10.1. The first-order valence-corrected chi connectivity index (χ1v) is 23.4. The van der Waals surface area contributed by atoms with Crippen LogP contribution in [0.2, 0.25) is 0 Å². The van der Waals surface area contributed by atoms with E-state index in [1.807, 2.05) is 68.4 Å². The number of carbonyl (C=O) groups excluding carboxylic acids is 5. The number of para-hydroxylation sites is 2. The molecule has 0 bridgehead atoms. The molecule has 5 aromatic rings. The molecule has 3 N–H and O–H groups in total. The lowest BCUT2D eigenvalue weighted by atomic mass is 10.1. The van der Waals surface area contributed by atoms with Crippen molar-refractivity contribution in [2.24, 2.45) is 9.98 Å². The van der Waals surface area contributed by atoms with E-state index < -0.39 is 17.9 Å². The van der Waals surface area contributed by atoms with E-state index in [4.69, 9.17) is 28.9 Å². The predicted octanol–water partition coefficient (Wildman–Crippen LogP) is 7.48. The average Bonchev–Trinajstić information content (AvgIpc) is 3.84. The summed E-state index contributed by atoms with van der Waals surface area (Å²) in [6, 6.07) is 26.2. The minimum Gasteiger partial charge on any atom is -0.493 e. The van der Waals surface area contributed by atoms with Crippen LogP contribution in [0.5, 0.6) is 23.0 Å². The molecule has 3 atom stereocenters. The highest BCUT2D eigenvalue weighted by atomic mass is 32.1. The molecule has 4 aliphatic rings. The smallest absolute Gasteiger partial charge is 0.261 e. The molecule has 5 amide bonds. The van der Waals surface area contributed by atoms with Crippen LogP contribution in [-0.4, -0.2) is 85.6 Å². The molecule has 0 fully saturated rings. The summed E-state index contributed by atoms with van der Waals surface area (Å²) < 4.78 is 24.0. The van der Waals surface area contributed by atoms with Crippen molar-refractivity contribution in [3.8, 4) is 23.0 Å². The first kappa shape index (κ1) is 47.4. The molecule has 0 aliphatic carbocycles. The van der Waals surface area contributed by atoms with Crippen molar-refractivity contribution in [3.63, 3.8) is 0 Å². The number of carbonyl (C=O) groups is 5. The molecular formula is C53H53N7O9S. The Hall–Kier alpha value is -7.66. The lowest BCUT2D eigenvalue weighted by Crippen LogP contribution is -2.46. The number of thiol groups is 1. The van der Waals surface area contributed by atoms with E-state index in [0.29, 0.717) is 81.6 Å². The van der Waals surface area contributed by atoms with Crippen molar-refractivity contribution in [2.45, 2.75) is 82.5 Å². The minimum atomic E-state index is -0.978. The number of benzene rings is 5. The highest BCUT2D eigenvalue weighted by Crippen LogP contribution is 2.43. The van der Waals surface area contributed by atoms with E-state index in [2.05, 4.69) is 28.6 Å². The Morgan fingerprint density at radius 3 is 1.70 bits per heavy atom. The van der Waals surface area contributed by atoms with Crippen LogP contribution in [0.25, 0.3) is 0 Å². The molecule has 4 aliphatic heterocycles. The van der Waals surface area contributed by atoms with Crippen LogP contribution in [0.15, 0.2) is 101 Å². The Balaban J connectivity index is 0.948. The molecule has 0 aromatic heterocycles. The monoisotopic (exact) mass is 963 g/mol. The van der Waals surface area contributed by atoms with Crippen LogP contribution >= 0.6 is 12.6 Å². The number of ether oxygens (including phenoxy) is 4. The number of fused-ring (bicyclic) bond motifs is 8. The fraction of sp³-hybridized carbons (Fsp3) is 0.302. The maximum atomic E-state index is 14.0. The van der Waals surface area contributed by atoms with Crippen molar-refractivity contribution in [1.82, 2.24) is 10.6 Å². The Kier molecular flexibility index (Phi) is 13.4. The zero-order valence-corrected chi connectivity index (χ0v) is 40.3. The lowest BCUT2D eigenvalue weighted by molar-refractivity contribution is -0.128. The van der Waals surface area contributed by atoms with Crippen molar-refractivity contribution < 1.29 is 42.9 Å². The number of hydrogen-bond donors (Lipinski definition) is 4. The van der Waals surface area contributed by atoms with Gasteiger partial charge in [-0.1, -0.05) is 50.2 Å². The van der Waals surface area contributed by atoms with Gasteiger partial charge in [0.1, 0.15) is 19.3 Å². The van der Waals surface area contributed by atoms with Crippen molar-refractivity contribution in [1.29, 1.82) is 0 Å². The molecule has 0 saturated heterocycles. The second kappa shape index (κ2) is 19.7. The van der Waals surface area contributed by atoms with Crippen molar-refractivity contribution in [3.05, 3.63) is 124 Å². The molecule has 17 heteroatoms. The first-order chi connectivity index (χ1) is 33.7. The number of nitrogens with zero attached hydrogens (tertiary/aromatic N) is 4. The zero-order valence-electron chi connectivity index (χ0n) is 39.4. The van der Waals surface area contributed by atoms with Gasteiger partial charge >= 0.3 is 0 Å². The Bertz CT molecular complexity index is 2820. The molecular weight excluding hydrogens is 911 g/mol.